The van der Waals surface area contributed by atoms with Crippen LogP contribution in [-0.4, -0.2) is 22.0 Å². The highest BCUT2D eigenvalue weighted by Crippen LogP contribution is 2.29. The molecule has 1 N–H and O–H groups in total. The molecule has 22 heavy (non-hydrogen) atoms. The van der Waals surface area contributed by atoms with Crippen LogP contribution in [0, 0.1) is 11.3 Å². The fourth-order valence-corrected chi connectivity index (χ4v) is 2.20. The van der Waals surface area contributed by atoms with E-state index in [1.54, 1.807) is 19.4 Å². The summed E-state index contributed by atoms with van der Waals surface area (Å²) in [4.78, 5) is 13.0. The summed E-state index contributed by atoms with van der Waals surface area (Å²) < 4.78 is 0. The summed E-state index contributed by atoms with van der Waals surface area (Å²) in [6, 6.07) is 15.5. The minimum Gasteiger partial charge on any atom is -0.357 e. The fourth-order valence-electron chi connectivity index (χ4n) is 2.20. The van der Waals surface area contributed by atoms with Crippen molar-refractivity contribution in [3.8, 4) is 28.6 Å². The van der Waals surface area contributed by atoms with Gasteiger partial charge in [0.05, 0.1) is 11.4 Å². The van der Waals surface area contributed by atoms with Crippen molar-refractivity contribution in [3.05, 3.63) is 60.4 Å². The summed E-state index contributed by atoms with van der Waals surface area (Å²) in [6.45, 7) is 0. The summed E-state index contributed by atoms with van der Waals surface area (Å²) in [5.41, 5.74) is 3.30. The van der Waals surface area contributed by atoms with Crippen molar-refractivity contribution in [3.63, 3.8) is 0 Å². The van der Waals surface area contributed by atoms with Crippen LogP contribution in [0.4, 0.5) is 5.95 Å². The van der Waals surface area contributed by atoms with Crippen molar-refractivity contribution in [2.75, 3.05) is 12.4 Å². The van der Waals surface area contributed by atoms with Gasteiger partial charge in [-0.05, 0) is 12.1 Å². The summed E-state index contributed by atoms with van der Waals surface area (Å²) in [5.74, 6) is 0.469. The Morgan fingerprint density at radius 3 is 2.23 bits per heavy atom. The van der Waals surface area contributed by atoms with Crippen LogP contribution in [0.25, 0.3) is 22.5 Å². The third-order valence-electron chi connectivity index (χ3n) is 3.23. The van der Waals surface area contributed by atoms with Gasteiger partial charge >= 0.3 is 0 Å². The van der Waals surface area contributed by atoms with Crippen LogP contribution < -0.4 is 5.32 Å². The molecular formula is C17H13N5. The number of hydrogen-bond acceptors (Lipinski definition) is 5. The zero-order chi connectivity index (χ0) is 15.4. The monoisotopic (exact) mass is 287 g/mol. The van der Waals surface area contributed by atoms with Gasteiger partial charge in [-0.2, -0.15) is 5.26 Å². The molecule has 1 aromatic carbocycles. The van der Waals surface area contributed by atoms with Gasteiger partial charge in [-0.1, -0.05) is 30.3 Å². The lowest BCUT2D eigenvalue weighted by molar-refractivity contribution is 1.14. The van der Waals surface area contributed by atoms with Gasteiger partial charge in [-0.15, -0.1) is 0 Å². The van der Waals surface area contributed by atoms with Gasteiger partial charge in [0.1, 0.15) is 11.6 Å². The van der Waals surface area contributed by atoms with Crippen LogP contribution in [0.1, 0.15) is 5.56 Å². The van der Waals surface area contributed by atoms with E-state index in [1.165, 1.54) is 0 Å². The Bertz CT molecular complexity index is 762. The first kappa shape index (κ1) is 13.7. The van der Waals surface area contributed by atoms with Crippen molar-refractivity contribution < 1.29 is 0 Å². The minimum absolute atomic E-state index is 0.443. The largest absolute Gasteiger partial charge is 0.357 e. The van der Waals surface area contributed by atoms with Gasteiger partial charge in [0, 0.05) is 30.6 Å². The smallest absolute Gasteiger partial charge is 0.223 e. The Labute approximate surface area is 128 Å². The minimum atomic E-state index is 0.443. The molecule has 3 aromatic rings. The van der Waals surface area contributed by atoms with E-state index in [4.69, 9.17) is 0 Å². The lowest BCUT2D eigenvalue weighted by atomic mass is 10.0. The molecular weight excluding hydrogens is 274 g/mol. The van der Waals surface area contributed by atoms with Crippen LogP contribution in [0.15, 0.2) is 54.9 Å². The zero-order valence-corrected chi connectivity index (χ0v) is 12.0. The molecule has 0 bridgehead atoms. The Morgan fingerprint density at radius 1 is 0.955 bits per heavy atom. The highest BCUT2D eigenvalue weighted by molar-refractivity contribution is 5.78. The molecule has 0 aliphatic rings. The maximum Gasteiger partial charge on any atom is 0.223 e. The number of benzene rings is 1. The predicted molar refractivity (Wildman–Crippen MR) is 85.0 cm³/mol. The van der Waals surface area contributed by atoms with Gasteiger partial charge in [0.2, 0.25) is 5.95 Å². The van der Waals surface area contributed by atoms with Gasteiger partial charge in [0.25, 0.3) is 0 Å². The second-order valence-corrected chi connectivity index (χ2v) is 4.59. The van der Waals surface area contributed by atoms with E-state index in [-0.39, 0.29) is 0 Å². The molecule has 0 saturated heterocycles. The Hall–Kier alpha value is -3.26. The number of pyridine rings is 1. The first-order valence-electron chi connectivity index (χ1n) is 6.79. The molecule has 5 nitrogen and oxygen atoms in total. The Kier molecular flexibility index (Phi) is 3.75. The summed E-state index contributed by atoms with van der Waals surface area (Å²) in [6.07, 6.45) is 3.38. The molecule has 2 heterocycles. The summed E-state index contributed by atoms with van der Waals surface area (Å²) in [5, 5.41) is 12.6. The van der Waals surface area contributed by atoms with Crippen molar-refractivity contribution >= 4 is 5.95 Å². The Morgan fingerprint density at radius 2 is 1.64 bits per heavy atom. The number of nitrogens with zero attached hydrogens (tertiary/aromatic N) is 4. The second kappa shape index (κ2) is 6.02. The van der Waals surface area contributed by atoms with E-state index in [0.29, 0.717) is 22.9 Å². The number of rotatable bonds is 3. The van der Waals surface area contributed by atoms with E-state index in [9.17, 15) is 5.26 Å². The SMILES string of the molecule is CNc1nc(-c2ccccc2)c(C#N)c(-c2cccnc2)n1. The molecule has 0 saturated carbocycles. The standard InChI is InChI=1S/C17H13N5/c1-19-17-21-15(12-6-3-2-4-7-12)14(10-18)16(22-17)13-8-5-9-20-11-13/h2-9,11H,1H3,(H,19,21,22). The third kappa shape index (κ3) is 2.50. The second-order valence-electron chi connectivity index (χ2n) is 4.59. The first-order valence-corrected chi connectivity index (χ1v) is 6.79. The highest BCUT2D eigenvalue weighted by atomic mass is 15.1. The van der Waals surface area contributed by atoms with Crippen LogP contribution in [0.3, 0.4) is 0 Å². The molecule has 0 aliphatic heterocycles. The predicted octanol–water partition coefficient (Wildman–Crippen LogP) is 3.12. The molecule has 0 atom stereocenters. The van der Waals surface area contributed by atoms with Crippen LogP contribution >= 0.6 is 0 Å². The zero-order valence-electron chi connectivity index (χ0n) is 12.0. The van der Waals surface area contributed by atoms with Crippen LogP contribution in [0.2, 0.25) is 0 Å². The average molecular weight is 287 g/mol. The topological polar surface area (TPSA) is 74.5 Å². The number of aromatic nitrogens is 3. The van der Waals surface area contributed by atoms with E-state index in [0.717, 1.165) is 11.1 Å². The van der Waals surface area contributed by atoms with Crippen molar-refractivity contribution in [2.24, 2.45) is 0 Å². The van der Waals surface area contributed by atoms with Crippen LogP contribution in [0.5, 0.6) is 0 Å². The van der Waals surface area contributed by atoms with E-state index >= 15 is 0 Å². The molecule has 0 aliphatic carbocycles. The lowest BCUT2D eigenvalue weighted by Crippen LogP contribution is -2.03. The fraction of sp³-hybridized carbons (Fsp3) is 0.0588. The normalized spacial score (nSPS) is 10.0. The Balaban J connectivity index is 2.30. The summed E-state index contributed by atoms with van der Waals surface area (Å²) >= 11 is 0. The molecule has 0 spiro atoms. The maximum atomic E-state index is 9.61. The number of anilines is 1. The van der Waals surface area contributed by atoms with E-state index in [1.807, 2.05) is 42.5 Å². The number of hydrogen-bond donors (Lipinski definition) is 1. The van der Waals surface area contributed by atoms with Gasteiger partial charge in [-0.25, -0.2) is 9.97 Å². The van der Waals surface area contributed by atoms with Gasteiger partial charge in [0.15, 0.2) is 0 Å². The van der Waals surface area contributed by atoms with Crippen LogP contribution in [-0.2, 0) is 0 Å². The number of nitriles is 1. The average Bonchev–Trinajstić information content (AvgIpc) is 2.62. The maximum absolute atomic E-state index is 9.61. The molecule has 106 valence electrons. The van der Waals surface area contributed by atoms with Gasteiger partial charge < -0.3 is 5.32 Å². The highest BCUT2D eigenvalue weighted by Gasteiger charge is 2.16. The molecule has 5 heteroatoms. The molecule has 0 unspecified atom stereocenters. The quantitative estimate of drug-likeness (QED) is 0.801. The lowest BCUT2D eigenvalue weighted by Gasteiger charge is -2.11. The van der Waals surface area contributed by atoms with E-state index < -0.39 is 0 Å². The van der Waals surface area contributed by atoms with Gasteiger partial charge in [-0.3, -0.25) is 4.98 Å². The molecule has 3 rings (SSSR count). The third-order valence-corrected chi connectivity index (χ3v) is 3.23. The number of nitrogens with one attached hydrogen (secondary N) is 1. The van der Waals surface area contributed by atoms with E-state index in [2.05, 4.69) is 26.3 Å². The summed E-state index contributed by atoms with van der Waals surface area (Å²) in [7, 11) is 1.75. The van der Waals surface area contributed by atoms with Crippen molar-refractivity contribution in [1.82, 2.24) is 15.0 Å². The van der Waals surface area contributed by atoms with Crippen molar-refractivity contribution in [2.45, 2.75) is 0 Å². The molecule has 0 radical (unpaired) electrons. The molecule has 2 aromatic heterocycles. The first-order chi connectivity index (χ1) is 10.8. The van der Waals surface area contributed by atoms with Crippen molar-refractivity contribution in [1.29, 1.82) is 5.26 Å². The molecule has 0 amide bonds. The molecule has 0 fully saturated rings.